The predicted octanol–water partition coefficient (Wildman–Crippen LogP) is 7.00. The van der Waals surface area contributed by atoms with Gasteiger partial charge < -0.3 is 34.3 Å². The Bertz CT molecular complexity index is 2410. The molecule has 4 heterocycles. The SMILES string of the molecule is C=CC(=O)N1CCCC1.CCn1c(-c2cnccc2C(OC)C2CC2)c(CC(C)(C)COC=O)c2cc(-c3cc(O)cc(CC(NC(=O)C(C(C)C)N(C)C=O)C(=O)N4CCCCN4)c3)ccc21. The maximum atomic E-state index is 14.0. The lowest BCUT2D eigenvalue weighted by atomic mass is 9.83. The highest BCUT2D eigenvalue weighted by atomic mass is 16.5. The number of nitrogens with one attached hydrogen (secondary N) is 2. The molecular formula is C53H71N7O8. The summed E-state index contributed by atoms with van der Waals surface area (Å²) < 4.78 is 13.8. The molecule has 68 heavy (non-hydrogen) atoms. The molecule has 15 nitrogen and oxygen atoms in total. The molecule has 3 N–H and O–H groups in total. The van der Waals surface area contributed by atoms with Gasteiger partial charge in [-0.25, -0.2) is 5.43 Å². The number of phenolic OH excluding ortho intramolecular Hbond substituents is 1. The first-order valence-corrected chi connectivity index (χ1v) is 24.1. The predicted molar refractivity (Wildman–Crippen MR) is 263 cm³/mol. The van der Waals surface area contributed by atoms with Gasteiger partial charge in [-0.05, 0) is 128 Å². The minimum Gasteiger partial charge on any atom is -0.508 e. The minimum atomic E-state index is -0.963. The molecule has 15 heteroatoms. The minimum absolute atomic E-state index is 0.0248. The Kier molecular flexibility index (Phi) is 17.6. The number of aromatic nitrogens is 2. The van der Waals surface area contributed by atoms with Crippen molar-refractivity contribution in [1.29, 1.82) is 0 Å². The van der Waals surface area contributed by atoms with Gasteiger partial charge in [0.15, 0.2) is 0 Å². The Morgan fingerprint density at radius 1 is 1.03 bits per heavy atom. The van der Waals surface area contributed by atoms with E-state index in [-0.39, 0.29) is 42.6 Å². The Balaban J connectivity index is 0.000000757. The number of fused-ring (bicyclic) bond motifs is 1. The fourth-order valence-corrected chi connectivity index (χ4v) is 9.84. The van der Waals surface area contributed by atoms with Crippen LogP contribution in [0, 0.1) is 17.3 Å². The van der Waals surface area contributed by atoms with E-state index in [9.17, 15) is 29.1 Å². The maximum absolute atomic E-state index is 14.0. The number of likely N-dealkylation sites (tertiary alicyclic amines) is 1. The van der Waals surface area contributed by atoms with Gasteiger partial charge in [0, 0.05) is 87.6 Å². The van der Waals surface area contributed by atoms with Gasteiger partial charge in [0.25, 0.3) is 12.4 Å². The standard InChI is InChI=1S/C46H60N6O7.C7H11NO/c1-8-51-40-14-13-32(23-36(40)37(24-46(4,5)26-59-28-54)42(51)38-25-47-17-15-35(38)43(58-7)31-11-12-31)33-19-30(20-34(55)22-33)21-39(45(57)52-18-10-9-16-48-52)49-44(56)41(29(2)3)50(6)27-53;1-2-7(9)8-5-3-4-6-8/h13-15,17,19-20,22-23,25,27-29,31,39,41,43,48,55H,8-12,16,18,21,24,26H2,1-7H3,(H,49,56);2H,1,3-6H2. The van der Waals surface area contributed by atoms with Gasteiger partial charge in [0.2, 0.25) is 18.2 Å². The summed E-state index contributed by atoms with van der Waals surface area (Å²) in [6, 6.07) is 11.9. The fraction of sp³-hybridized carbons (Fsp3) is 0.509. The zero-order valence-electron chi connectivity index (χ0n) is 41.0. The van der Waals surface area contributed by atoms with Gasteiger partial charge in [-0.15, -0.1) is 0 Å². The van der Waals surface area contributed by atoms with Crippen molar-refractivity contribution >= 4 is 41.5 Å². The molecule has 2 aliphatic heterocycles. The number of rotatable bonds is 20. The Hall–Kier alpha value is -6.06. The fourth-order valence-electron chi connectivity index (χ4n) is 9.84. The lowest BCUT2D eigenvalue weighted by Crippen LogP contribution is -2.58. The molecule has 3 unspecified atom stereocenters. The number of phenols is 1. The van der Waals surface area contributed by atoms with Gasteiger partial charge >= 0.3 is 0 Å². The first kappa shape index (κ1) is 51.3. The van der Waals surface area contributed by atoms with Gasteiger partial charge in [0.1, 0.15) is 17.8 Å². The molecule has 0 spiro atoms. The molecule has 3 atom stereocenters. The molecule has 3 fully saturated rings. The zero-order valence-corrected chi connectivity index (χ0v) is 41.0. The van der Waals surface area contributed by atoms with Crippen LogP contribution in [-0.4, -0.2) is 119 Å². The number of nitrogens with zero attached hydrogens (tertiary/aromatic N) is 5. The first-order chi connectivity index (χ1) is 32.6. The van der Waals surface area contributed by atoms with Gasteiger partial charge in [-0.3, -0.25) is 34.0 Å². The number of likely N-dealkylation sites (N-methyl/N-ethyl adjacent to an activating group) is 1. The van der Waals surface area contributed by atoms with E-state index in [0.29, 0.717) is 50.4 Å². The van der Waals surface area contributed by atoms with E-state index in [2.05, 4.69) is 65.8 Å². The molecule has 0 bridgehead atoms. The number of methoxy groups -OCH3 is 1. The number of amides is 4. The van der Waals surface area contributed by atoms with Crippen LogP contribution in [0.25, 0.3) is 33.3 Å². The van der Waals surface area contributed by atoms with Crippen LogP contribution in [0.1, 0.15) is 95.9 Å². The molecular weight excluding hydrogens is 863 g/mol. The lowest BCUT2D eigenvalue weighted by Gasteiger charge is -2.33. The largest absolute Gasteiger partial charge is 0.508 e. The van der Waals surface area contributed by atoms with E-state index >= 15 is 0 Å². The summed E-state index contributed by atoms with van der Waals surface area (Å²) in [5.41, 5.74) is 10.3. The van der Waals surface area contributed by atoms with Crippen LogP contribution in [0.3, 0.4) is 0 Å². The summed E-state index contributed by atoms with van der Waals surface area (Å²) in [6.45, 7) is 17.8. The van der Waals surface area contributed by atoms with Crippen LogP contribution in [0.2, 0.25) is 0 Å². The summed E-state index contributed by atoms with van der Waals surface area (Å²) in [5.74, 6) is -0.360. The number of pyridine rings is 1. The van der Waals surface area contributed by atoms with Gasteiger partial charge in [0.05, 0.1) is 18.4 Å². The molecule has 1 aliphatic carbocycles. The van der Waals surface area contributed by atoms with E-state index in [1.807, 2.05) is 43.3 Å². The molecule has 2 saturated heterocycles. The highest BCUT2D eigenvalue weighted by Gasteiger charge is 2.36. The average molecular weight is 934 g/mol. The molecule has 0 radical (unpaired) electrons. The van der Waals surface area contributed by atoms with Crippen molar-refractivity contribution in [3.8, 4) is 28.1 Å². The third kappa shape index (κ3) is 12.3. The molecule has 3 aliphatic rings. The number of ether oxygens (including phenoxy) is 2. The van der Waals surface area contributed by atoms with E-state index in [4.69, 9.17) is 9.47 Å². The number of hydrogen-bond donors (Lipinski definition) is 3. The number of benzene rings is 2. The molecule has 2 aromatic carbocycles. The van der Waals surface area contributed by atoms with E-state index in [0.717, 1.165) is 96.0 Å². The maximum Gasteiger partial charge on any atom is 0.293 e. The van der Waals surface area contributed by atoms with Crippen LogP contribution in [0.4, 0.5) is 0 Å². The molecule has 1 saturated carbocycles. The van der Waals surface area contributed by atoms with Crippen LogP contribution in [-0.2, 0) is 52.8 Å². The van der Waals surface area contributed by atoms with Crippen molar-refractivity contribution in [2.45, 2.75) is 111 Å². The molecule has 4 aromatic rings. The Morgan fingerprint density at radius 2 is 1.76 bits per heavy atom. The number of carbonyl (C=O) groups is 5. The Morgan fingerprint density at radius 3 is 2.38 bits per heavy atom. The third-order valence-corrected chi connectivity index (χ3v) is 13.2. The lowest BCUT2D eigenvalue weighted by molar-refractivity contribution is -0.142. The van der Waals surface area contributed by atoms with E-state index in [1.54, 1.807) is 31.3 Å². The van der Waals surface area contributed by atoms with Crippen LogP contribution >= 0.6 is 0 Å². The number of carbonyl (C=O) groups excluding carboxylic acids is 5. The Labute approximate surface area is 401 Å². The normalized spacial score (nSPS) is 16.4. The van der Waals surface area contributed by atoms with E-state index in [1.165, 1.54) is 11.0 Å². The second kappa shape index (κ2) is 23.3. The van der Waals surface area contributed by atoms with Crippen molar-refractivity contribution in [2.75, 3.05) is 46.9 Å². The smallest absolute Gasteiger partial charge is 0.293 e. The summed E-state index contributed by atoms with van der Waals surface area (Å²) in [7, 11) is 3.33. The third-order valence-electron chi connectivity index (χ3n) is 13.2. The molecule has 2 aromatic heterocycles. The van der Waals surface area contributed by atoms with Crippen molar-refractivity contribution in [1.82, 2.24) is 35.1 Å². The van der Waals surface area contributed by atoms with Crippen LogP contribution in [0.5, 0.6) is 5.75 Å². The van der Waals surface area contributed by atoms with Crippen LogP contribution < -0.4 is 10.7 Å². The second-order valence-electron chi connectivity index (χ2n) is 19.5. The summed E-state index contributed by atoms with van der Waals surface area (Å²) in [5, 5.41) is 16.7. The highest BCUT2D eigenvalue weighted by molar-refractivity contribution is 5.96. The second-order valence-corrected chi connectivity index (χ2v) is 19.5. The van der Waals surface area contributed by atoms with Crippen molar-refractivity contribution in [3.05, 3.63) is 84.2 Å². The monoisotopic (exact) mass is 934 g/mol. The molecule has 366 valence electrons. The topological polar surface area (TPSA) is 176 Å². The average Bonchev–Trinajstić information content (AvgIpc) is 3.92. The number of aromatic hydroxyl groups is 1. The number of hydrogen-bond acceptors (Lipinski definition) is 10. The van der Waals surface area contributed by atoms with E-state index < -0.39 is 23.4 Å². The highest BCUT2D eigenvalue weighted by Crippen LogP contribution is 2.48. The zero-order chi connectivity index (χ0) is 49.1. The quantitative estimate of drug-likeness (QED) is 0.0619. The number of aryl methyl sites for hydroxylation is 1. The molecule has 7 rings (SSSR count). The van der Waals surface area contributed by atoms with Crippen molar-refractivity contribution in [3.63, 3.8) is 0 Å². The van der Waals surface area contributed by atoms with Crippen molar-refractivity contribution < 1.29 is 38.6 Å². The van der Waals surface area contributed by atoms with Crippen LogP contribution in [0.15, 0.2) is 67.5 Å². The summed E-state index contributed by atoms with van der Waals surface area (Å²) in [4.78, 5) is 69.4. The van der Waals surface area contributed by atoms with Gasteiger partial charge in [-0.2, -0.15) is 0 Å². The van der Waals surface area contributed by atoms with Gasteiger partial charge in [-0.1, -0.05) is 46.4 Å². The number of hydrazine groups is 1. The van der Waals surface area contributed by atoms with Crippen molar-refractivity contribution in [2.24, 2.45) is 17.3 Å². The molecule has 4 amide bonds. The summed E-state index contributed by atoms with van der Waals surface area (Å²) >= 11 is 0. The first-order valence-electron chi connectivity index (χ1n) is 24.1. The summed E-state index contributed by atoms with van der Waals surface area (Å²) in [6.07, 6.45) is 12.7.